The fraction of sp³-hybridized carbons (Fsp3) is 0.250. The number of rotatable bonds is 3. The number of nitrogens with one attached hydrogen (secondary N) is 1. The van der Waals surface area contributed by atoms with Gasteiger partial charge in [-0.1, -0.05) is 5.92 Å². The van der Waals surface area contributed by atoms with Crippen molar-refractivity contribution in [2.75, 3.05) is 0 Å². The number of carboxylic acid groups (broad SMARTS) is 1. The molecule has 18 heavy (non-hydrogen) atoms. The number of carboxylic acids is 1. The minimum atomic E-state index is -3.52. The SMILES string of the molecule is CC(C)NS(=O)(=O)c1ccc(C#CC(=O)O)cc1. The largest absolute Gasteiger partial charge is 0.472 e. The van der Waals surface area contributed by atoms with Gasteiger partial charge in [-0.3, -0.25) is 0 Å². The minimum absolute atomic E-state index is 0.122. The first kappa shape index (κ1) is 14.2. The molecule has 96 valence electrons. The summed E-state index contributed by atoms with van der Waals surface area (Å²) in [6.07, 6.45) is 0. The maximum atomic E-state index is 11.8. The topological polar surface area (TPSA) is 83.5 Å². The van der Waals surface area contributed by atoms with Crippen LogP contribution in [0.15, 0.2) is 29.2 Å². The summed E-state index contributed by atoms with van der Waals surface area (Å²) in [5, 5.41) is 8.38. The second kappa shape index (κ2) is 5.67. The number of sulfonamides is 1. The molecule has 0 bridgehead atoms. The third-order valence-electron chi connectivity index (χ3n) is 1.87. The Morgan fingerprint density at radius 1 is 1.28 bits per heavy atom. The van der Waals surface area contributed by atoms with Crippen molar-refractivity contribution >= 4 is 16.0 Å². The highest BCUT2D eigenvalue weighted by atomic mass is 32.2. The van der Waals surface area contributed by atoms with E-state index in [-0.39, 0.29) is 10.9 Å². The van der Waals surface area contributed by atoms with Crippen molar-refractivity contribution in [2.45, 2.75) is 24.8 Å². The summed E-state index contributed by atoms with van der Waals surface area (Å²) in [7, 11) is -3.52. The van der Waals surface area contributed by atoms with Gasteiger partial charge in [-0.15, -0.1) is 0 Å². The van der Waals surface area contributed by atoms with E-state index in [4.69, 9.17) is 5.11 Å². The van der Waals surface area contributed by atoms with Crippen LogP contribution in [0.1, 0.15) is 19.4 Å². The van der Waals surface area contributed by atoms with Gasteiger partial charge in [0.15, 0.2) is 0 Å². The predicted molar refractivity (Wildman–Crippen MR) is 66.4 cm³/mol. The molecule has 0 atom stereocenters. The summed E-state index contributed by atoms with van der Waals surface area (Å²) < 4.78 is 26.0. The molecule has 6 heteroatoms. The maximum Gasteiger partial charge on any atom is 0.382 e. The molecule has 0 radical (unpaired) electrons. The smallest absolute Gasteiger partial charge is 0.382 e. The van der Waals surface area contributed by atoms with Crippen LogP contribution in [0, 0.1) is 11.8 Å². The molecule has 1 rings (SSSR count). The fourth-order valence-corrected chi connectivity index (χ4v) is 2.47. The van der Waals surface area contributed by atoms with Gasteiger partial charge in [-0.05, 0) is 38.1 Å². The zero-order chi connectivity index (χ0) is 13.8. The summed E-state index contributed by atoms with van der Waals surface area (Å²) in [4.78, 5) is 10.4. The number of aliphatic carboxylic acids is 1. The van der Waals surface area contributed by atoms with Crippen LogP contribution in [-0.4, -0.2) is 25.5 Å². The van der Waals surface area contributed by atoms with Gasteiger partial charge in [0.25, 0.3) is 0 Å². The first-order chi connectivity index (χ1) is 8.31. The van der Waals surface area contributed by atoms with Crippen molar-refractivity contribution in [3.63, 3.8) is 0 Å². The van der Waals surface area contributed by atoms with Crippen LogP contribution in [0.25, 0.3) is 0 Å². The van der Waals surface area contributed by atoms with Crippen molar-refractivity contribution in [1.29, 1.82) is 0 Å². The van der Waals surface area contributed by atoms with E-state index in [0.717, 1.165) is 0 Å². The molecule has 0 aromatic heterocycles. The second-order valence-electron chi connectivity index (χ2n) is 3.86. The Morgan fingerprint density at radius 2 is 1.83 bits per heavy atom. The highest BCUT2D eigenvalue weighted by Gasteiger charge is 2.14. The van der Waals surface area contributed by atoms with Crippen LogP contribution in [0.3, 0.4) is 0 Å². The molecule has 1 aromatic rings. The van der Waals surface area contributed by atoms with E-state index in [0.29, 0.717) is 5.56 Å². The van der Waals surface area contributed by atoms with Gasteiger partial charge < -0.3 is 5.11 Å². The summed E-state index contributed by atoms with van der Waals surface area (Å²) in [6.45, 7) is 3.45. The normalized spacial score (nSPS) is 10.8. The van der Waals surface area contributed by atoms with Crippen LogP contribution in [0.4, 0.5) is 0 Å². The molecule has 0 aliphatic carbocycles. The number of hydrogen-bond acceptors (Lipinski definition) is 3. The lowest BCUT2D eigenvalue weighted by atomic mass is 10.2. The third-order valence-corrected chi connectivity index (χ3v) is 3.54. The van der Waals surface area contributed by atoms with Crippen LogP contribution in [0.5, 0.6) is 0 Å². The molecule has 1 aromatic carbocycles. The molecule has 2 N–H and O–H groups in total. The molecule has 0 aliphatic rings. The van der Waals surface area contributed by atoms with Gasteiger partial charge in [0.05, 0.1) is 4.90 Å². The molecule has 5 nitrogen and oxygen atoms in total. The molecule has 0 fully saturated rings. The molecule has 0 heterocycles. The minimum Gasteiger partial charge on any atom is -0.472 e. The van der Waals surface area contributed by atoms with Gasteiger partial charge in [-0.2, -0.15) is 0 Å². The summed E-state index contributed by atoms with van der Waals surface area (Å²) in [5.41, 5.74) is 0.445. The molecule has 0 unspecified atom stereocenters. The average Bonchev–Trinajstić information content (AvgIpc) is 2.25. The monoisotopic (exact) mass is 267 g/mol. The number of benzene rings is 1. The van der Waals surface area contributed by atoms with E-state index in [1.807, 2.05) is 5.92 Å². The van der Waals surface area contributed by atoms with E-state index >= 15 is 0 Å². The predicted octanol–water partition coefficient (Wildman–Crippen LogP) is 0.809. The van der Waals surface area contributed by atoms with Crippen molar-refractivity contribution in [3.05, 3.63) is 29.8 Å². The van der Waals surface area contributed by atoms with Crippen LogP contribution in [0.2, 0.25) is 0 Å². The van der Waals surface area contributed by atoms with Gasteiger partial charge in [-0.25, -0.2) is 17.9 Å². The fourth-order valence-electron chi connectivity index (χ4n) is 1.22. The molecule has 0 saturated heterocycles. The molecule has 0 spiro atoms. The van der Waals surface area contributed by atoms with E-state index in [2.05, 4.69) is 10.6 Å². The maximum absolute atomic E-state index is 11.8. The van der Waals surface area contributed by atoms with Gasteiger partial charge in [0.2, 0.25) is 10.0 Å². The summed E-state index contributed by atoms with van der Waals surface area (Å²) >= 11 is 0. The molecular weight excluding hydrogens is 254 g/mol. The quantitative estimate of drug-likeness (QED) is 0.794. The summed E-state index contributed by atoms with van der Waals surface area (Å²) in [6, 6.07) is 5.50. The standard InChI is InChI=1S/C12H13NO4S/c1-9(2)13-18(16,17)11-6-3-10(4-7-11)5-8-12(14)15/h3-4,6-7,9,13H,1-2H3,(H,14,15). The number of hydrogen-bond donors (Lipinski definition) is 2. The molecule has 0 aliphatic heterocycles. The Kier molecular flexibility index (Phi) is 4.48. The van der Waals surface area contributed by atoms with Gasteiger partial charge >= 0.3 is 5.97 Å². The van der Waals surface area contributed by atoms with E-state index in [1.165, 1.54) is 24.3 Å². The lowest BCUT2D eigenvalue weighted by Gasteiger charge is -2.09. The van der Waals surface area contributed by atoms with E-state index in [1.54, 1.807) is 13.8 Å². The lowest BCUT2D eigenvalue weighted by molar-refractivity contribution is -0.130. The van der Waals surface area contributed by atoms with E-state index in [9.17, 15) is 13.2 Å². The first-order valence-electron chi connectivity index (χ1n) is 5.18. The highest BCUT2D eigenvalue weighted by Crippen LogP contribution is 2.10. The highest BCUT2D eigenvalue weighted by molar-refractivity contribution is 7.89. The zero-order valence-corrected chi connectivity index (χ0v) is 10.8. The van der Waals surface area contributed by atoms with Crippen molar-refractivity contribution in [3.8, 4) is 11.8 Å². The third kappa shape index (κ3) is 4.20. The first-order valence-corrected chi connectivity index (χ1v) is 6.67. The van der Waals surface area contributed by atoms with Crippen molar-refractivity contribution in [2.24, 2.45) is 0 Å². The lowest BCUT2D eigenvalue weighted by Crippen LogP contribution is -2.30. The average molecular weight is 267 g/mol. The van der Waals surface area contributed by atoms with Crippen LogP contribution < -0.4 is 4.72 Å². The molecule has 0 amide bonds. The van der Waals surface area contributed by atoms with Crippen LogP contribution in [-0.2, 0) is 14.8 Å². The Bertz CT molecular complexity index is 591. The zero-order valence-electron chi connectivity index (χ0n) is 9.97. The second-order valence-corrected chi connectivity index (χ2v) is 5.57. The molecule has 0 saturated carbocycles. The van der Waals surface area contributed by atoms with E-state index < -0.39 is 16.0 Å². The van der Waals surface area contributed by atoms with Crippen molar-refractivity contribution < 1.29 is 18.3 Å². The Hall–Kier alpha value is -1.84. The van der Waals surface area contributed by atoms with Gasteiger partial charge in [0, 0.05) is 17.5 Å². The number of carbonyl (C=O) groups is 1. The Morgan fingerprint density at radius 3 is 2.28 bits per heavy atom. The van der Waals surface area contributed by atoms with Crippen molar-refractivity contribution in [1.82, 2.24) is 4.72 Å². The Balaban J connectivity index is 2.97. The molecular formula is C12H13NO4S. The summed E-state index contributed by atoms with van der Waals surface area (Å²) in [5.74, 6) is 3.12. The van der Waals surface area contributed by atoms with Crippen LogP contribution >= 0.6 is 0 Å². The Labute approximate surface area is 106 Å². The van der Waals surface area contributed by atoms with Gasteiger partial charge in [0.1, 0.15) is 0 Å².